The molecule has 2 N–H and O–H groups in total. The van der Waals surface area contributed by atoms with Crippen LogP contribution in [0.1, 0.15) is 25.3 Å². The van der Waals surface area contributed by atoms with Gasteiger partial charge in [0.15, 0.2) is 0 Å². The highest BCUT2D eigenvalue weighted by Gasteiger charge is 2.33. The van der Waals surface area contributed by atoms with Gasteiger partial charge in [0, 0.05) is 24.2 Å². The quantitative estimate of drug-likeness (QED) is 0.763. The molecule has 0 radical (unpaired) electrons. The Kier molecular flexibility index (Phi) is 5.79. The van der Waals surface area contributed by atoms with Crippen molar-refractivity contribution < 1.29 is 13.2 Å². The first-order chi connectivity index (χ1) is 9.96. The fourth-order valence-electron chi connectivity index (χ4n) is 2.28. The summed E-state index contributed by atoms with van der Waals surface area (Å²) in [6.45, 7) is 3.63. The van der Waals surface area contributed by atoms with Gasteiger partial charge in [0.1, 0.15) is 0 Å². The van der Waals surface area contributed by atoms with Gasteiger partial charge in [-0.1, -0.05) is 13.0 Å². The maximum Gasteiger partial charge on any atom is 0.241 e. The van der Waals surface area contributed by atoms with Gasteiger partial charge in [0.2, 0.25) is 10.0 Å². The lowest BCUT2D eigenvalue weighted by Gasteiger charge is -2.34. The van der Waals surface area contributed by atoms with E-state index in [1.54, 1.807) is 13.2 Å². The SMILES string of the molecule is CCNCc1ccc(S(=O)(=O)NC2CC(OC)C2)c(Br)c1. The van der Waals surface area contributed by atoms with Crippen molar-refractivity contribution in [3.63, 3.8) is 0 Å². The molecule has 1 aliphatic carbocycles. The van der Waals surface area contributed by atoms with Gasteiger partial charge in [-0.2, -0.15) is 0 Å². The van der Waals surface area contributed by atoms with E-state index < -0.39 is 10.0 Å². The number of ether oxygens (including phenoxy) is 1. The van der Waals surface area contributed by atoms with Crippen molar-refractivity contribution >= 4 is 26.0 Å². The van der Waals surface area contributed by atoms with E-state index in [4.69, 9.17) is 4.74 Å². The average Bonchev–Trinajstić information content (AvgIpc) is 2.39. The summed E-state index contributed by atoms with van der Waals surface area (Å²) in [5, 5.41) is 3.21. The number of rotatable bonds is 7. The Morgan fingerprint density at radius 3 is 2.67 bits per heavy atom. The molecule has 2 rings (SSSR count). The van der Waals surface area contributed by atoms with Gasteiger partial charge in [0.25, 0.3) is 0 Å². The summed E-state index contributed by atoms with van der Waals surface area (Å²) in [5.74, 6) is 0. The summed E-state index contributed by atoms with van der Waals surface area (Å²) in [5.41, 5.74) is 1.05. The lowest BCUT2D eigenvalue weighted by molar-refractivity contribution is 0.0236. The number of nitrogens with one attached hydrogen (secondary N) is 2. The fraction of sp³-hybridized carbons (Fsp3) is 0.571. The molecule has 0 heterocycles. The van der Waals surface area contributed by atoms with E-state index in [1.165, 1.54) is 0 Å². The molecule has 0 bridgehead atoms. The number of methoxy groups -OCH3 is 1. The van der Waals surface area contributed by atoms with Crippen LogP contribution >= 0.6 is 15.9 Å². The minimum Gasteiger partial charge on any atom is -0.381 e. The molecule has 1 aromatic carbocycles. The Morgan fingerprint density at radius 1 is 1.38 bits per heavy atom. The van der Waals surface area contributed by atoms with Crippen molar-refractivity contribution in [3.05, 3.63) is 28.2 Å². The van der Waals surface area contributed by atoms with Crippen molar-refractivity contribution in [2.75, 3.05) is 13.7 Å². The smallest absolute Gasteiger partial charge is 0.241 e. The Bertz CT molecular complexity index is 586. The molecule has 5 nitrogen and oxygen atoms in total. The van der Waals surface area contributed by atoms with Gasteiger partial charge < -0.3 is 10.1 Å². The van der Waals surface area contributed by atoms with Gasteiger partial charge in [-0.25, -0.2) is 13.1 Å². The van der Waals surface area contributed by atoms with Crippen LogP contribution in [0.4, 0.5) is 0 Å². The highest BCUT2D eigenvalue weighted by molar-refractivity contribution is 9.10. The molecule has 0 aromatic heterocycles. The third-order valence-corrected chi connectivity index (χ3v) is 6.11. The van der Waals surface area contributed by atoms with E-state index in [0.717, 1.165) is 31.5 Å². The van der Waals surface area contributed by atoms with Crippen LogP contribution in [0.5, 0.6) is 0 Å². The molecule has 0 saturated heterocycles. The third kappa shape index (κ3) is 4.26. The van der Waals surface area contributed by atoms with E-state index in [9.17, 15) is 8.42 Å². The number of halogens is 1. The molecule has 21 heavy (non-hydrogen) atoms. The Hall–Kier alpha value is -0.470. The van der Waals surface area contributed by atoms with Crippen molar-refractivity contribution in [2.45, 2.75) is 43.4 Å². The number of benzene rings is 1. The normalized spacial score (nSPS) is 22.0. The summed E-state index contributed by atoms with van der Waals surface area (Å²) >= 11 is 3.36. The minimum atomic E-state index is -3.49. The Labute approximate surface area is 134 Å². The molecule has 1 saturated carbocycles. The molecule has 0 unspecified atom stereocenters. The van der Waals surface area contributed by atoms with Crippen molar-refractivity contribution in [1.29, 1.82) is 0 Å². The van der Waals surface area contributed by atoms with Gasteiger partial charge in [-0.05, 0) is 53.0 Å². The maximum absolute atomic E-state index is 12.4. The van der Waals surface area contributed by atoms with Crippen LogP contribution in [0.3, 0.4) is 0 Å². The van der Waals surface area contributed by atoms with E-state index in [1.807, 2.05) is 19.1 Å². The van der Waals surface area contributed by atoms with Gasteiger partial charge in [0.05, 0.1) is 11.0 Å². The summed E-state index contributed by atoms with van der Waals surface area (Å²) in [7, 11) is -1.84. The minimum absolute atomic E-state index is 0.0340. The summed E-state index contributed by atoms with van der Waals surface area (Å²) in [6.07, 6.45) is 1.63. The van der Waals surface area contributed by atoms with Crippen LogP contribution in [0.25, 0.3) is 0 Å². The van der Waals surface area contributed by atoms with Crippen LogP contribution < -0.4 is 10.0 Å². The average molecular weight is 377 g/mol. The van der Waals surface area contributed by atoms with E-state index in [0.29, 0.717) is 4.47 Å². The second-order valence-corrected chi connectivity index (χ2v) is 7.73. The molecule has 7 heteroatoms. The Morgan fingerprint density at radius 2 is 2.10 bits per heavy atom. The second-order valence-electron chi connectivity index (χ2n) is 5.19. The first kappa shape index (κ1) is 16.9. The van der Waals surface area contributed by atoms with Crippen LogP contribution in [-0.4, -0.2) is 34.2 Å². The van der Waals surface area contributed by atoms with E-state index in [2.05, 4.69) is 26.0 Å². The van der Waals surface area contributed by atoms with Crippen molar-refractivity contribution in [3.8, 4) is 0 Å². The molecule has 1 aliphatic rings. The third-order valence-electron chi connectivity index (χ3n) is 3.61. The standard InChI is InChI=1S/C14H21BrN2O3S/c1-3-16-9-10-4-5-14(13(15)6-10)21(18,19)17-11-7-12(8-11)20-2/h4-6,11-12,16-17H,3,7-9H2,1-2H3. The fourth-order valence-corrected chi connectivity index (χ4v) is 4.67. The summed E-state index contributed by atoms with van der Waals surface area (Å²) < 4.78 is 33.2. The molecular formula is C14H21BrN2O3S. The predicted octanol–water partition coefficient (Wildman–Crippen LogP) is 2.01. The lowest BCUT2D eigenvalue weighted by Crippen LogP contribution is -2.47. The zero-order chi connectivity index (χ0) is 15.5. The summed E-state index contributed by atoms with van der Waals surface area (Å²) in [6, 6.07) is 5.29. The predicted molar refractivity (Wildman–Crippen MR) is 85.7 cm³/mol. The monoisotopic (exact) mass is 376 g/mol. The molecule has 0 aliphatic heterocycles. The number of sulfonamides is 1. The molecular weight excluding hydrogens is 356 g/mol. The number of hydrogen-bond donors (Lipinski definition) is 2. The van der Waals surface area contributed by atoms with E-state index in [-0.39, 0.29) is 17.0 Å². The van der Waals surface area contributed by atoms with E-state index >= 15 is 0 Å². The molecule has 0 spiro atoms. The molecule has 1 aromatic rings. The van der Waals surface area contributed by atoms with Gasteiger partial charge in [-0.15, -0.1) is 0 Å². The van der Waals surface area contributed by atoms with Gasteiger partial charge >= 0.3 is 0 Å². The van der Waals surface area contributed by atoms with Crippen molar-refractivity contribution in [2.24, 2.45) is 0 Å². The molecule has 1 fully saturated rings. The molecule has 0 atom stereocenters. The zero-order valence-electron chi connectivity index (χ0n) is 12.2. The van der Waals surface area contributed by atoms with Crippen LogP contribution in [-0.2, 0) is 21.3 Å². The first-order valence-corrected chi connectivity index (χ1v) is 9.28. The van der Waals surface area contributed by atoms with Gasteiger partial charge in [-0.3, -0.25) is 0 Å². The second kappa shape index (κ2) is 7.19. The van der Waals surface area contributed by atoms with Crippen LogP contribution in [0, 0.1) is 0 Å². The molecule has 118 valence electrons. The lowest BCUT2D eigenvalue weighted by atomic mass is 9.90. The molecule has 0 amide bonds. The maximum atomic E-state index is 12.4. The Balaban J connectivity index is 2.06. The first-order valence-electron chi connectivity index (χ1n) is 7.00. The topological polar surface area (TPSA) is 67.4 Å². The van der Waals surface area contributed by atoms with Crippen molar-refractivity contribution in [1.82, 2.24) is 10.0 Å². The number of hydrogen-bond acceptors (Lipinski definition) is 4. The highest BCUT2D eigenvalue weighted by atomic mass is 79.9. The van der Waals surface area contributed by atoms with Crippen LogP contribution in [0.2, 0.25) is 0 Å². The van der Waals surface area contributed by atoms with Crippen LogP contribution in [0.15, 0.2) is 27.6 Å². The highest BCUT2D eigenvalue weighted by Crippen LogP contribution is 2.27. The summed E-state index contributed by atoms with van der Waals surface area (Å²) in [4.78, 5) is 0.281. The zero-order valence-corrected chi connectivity index (χ0v) is 14.6. The largest absolute Gasteiger partial charge is 0.381 e.